The van der Waals surface area contributed by atoms with Gasteiger partial charge in [-0.3, -0.25) is 19.7 Å². The van der Waals surface area contributed by atoms with Crippen LogP contribution in [0.4, 0.5) is 11.4 Å². The molecule has 6 nitrogen and oxygen atoms in total. The molecule has 7 heteroatoms. The molecule has 0 atom stereocenters. The van der Waals surface area contributed by atoms with Crippen molar-refractivity contribution in [3.05, 3.63) is 67.7 Å². The van der Waals surface area contributed by atoms with Gasteiger partial charge in [0.15, 0.2) is 11.6 Å². The first-order valence-electron chi connectivity index (χ1n) is 8.94. The molecular weight excluding hydrogens is 368 g/mol. The fourth-order valence-electron chi connectivity index (χ4n) is 3.92. The second-order valence-electron chi connectivity index (χ2n) is 6.97. The van der Waals surface area contributed by atoms with Crippen LogP contribution in [0.5, 0.6) is 0 Å². The van der Waals surface area contributed by atoms with E-state index in [4.69, 9.17) is 11.6 Å². The Morgan fingerprint density at radius 3 is 2.37 bits per heavy atom. The van der Waals surface area contributed by atoms with Gasteiger partial charge in [0.05, 0.1) is 21.1 Å². The van der Waals surface area contributed by atoms with Gasteiger partial charge in [-0.05, 0) is 31.0 Å². The van der Waals surface area contributed by atoms with Gasteiger partial charge in [0.2, 0.25) is 0 Å². The van der Waals surface area contributed by atoms with E-state index in [1.165, 1.54) is 18.6 Å². The number of non-ortho nitro benzene ring substituents is 1. The average Bonchev–Trinajstić information content (AvgIpc) is 2.67. The molecular formula is C20H17ClN2O4. The van der Waals surface area contributed by atoms with Crippen LogP contribution in [0.2, 0.25) is 5.02 Å². The van der Waals surface area contributed by atoms with E-state index in [0.717, 1.165) is 31.7 Å². The zero-order valence-corrected chi connectivity index (χ0v) is 15.2. The zero-order chi connectivity index (χ0) is 19.1. The van der Waals surface area contributed by atoms with Gasteiger partial charge in [-0.2, -0.15) is 0 Å². The number of hydrogen-bond acceptors (Lipinski definition) is 5. The van der Waals surface area contributed by atoms with Crippen molar-refractivity contribution < 1.29 is 14.5 Å². The third kappa shape index (κ3) is 3.00. The van der Waals surface area contributed by atoms with E-state index < -0.39 is 10.7 Å². The molecule has 0 radical (unpaired) electrons. The Kier molecular flexibility index (Phi) is 4.44. The summed E-state index contributed by atoms with van der Waals surface area (Å²) in [5.74, 6) is -0.795. The molecule has 1 N–H and O–H groups in total. The van der Waals surface area contributed by atoms with Crippen LogP contribution in [0.1, 0.15) is 63.9 Å². The number of anilines is 1. The van der Waals surface area contributed by atoms with Crippen LogP contribution >= 0.6 is 11.6 Å². The van der Waals surface area contributed by atoms with Crippen molar-refractivity contribution in [2.75, 3.05) is 5.32 Å². The lowest BCUT2D eigenvalue weighted by molar-refractivity contribution is -0.384. The minimum Gasteiger partial charge on any atom is -0.382 e. The molecule has 2 aliphatic rings. The summed E-state index contributed by atoms with van der Waals surface area (Å²) in [6.07, 6.45) is 5.50. The molecule has 0 unspecified atom stereocenters. The van der Waals surface area contributed by atoms with E-state index in [9.17, 15) is 19.7 Å². The summed E-state index contributed by atoms with van der Waals surface area (Å²) in [4.78, 5) is 36.6. The van der Waals surface area contributed by atoms with Crippen molar-refractivity contribution in [1.29, 1.82) is 0 Å². The number of nitrogens with zero attached hydrogens (tertiary/aromatic N) is 1. The Morgan fingerprint density at radius 1 is 0.963 bits per heavy atom. The van der Waals surface area contributed by atoms with Crippen LogP contribution < -0.4 is 5.32 Å². The summed E-state index contributed by atoms with van der Waals surface area (Å²) in [7, 11) is 0. The summed E-state index contributed by atoms with van der Waals surface area (Å²) < 4.78 is 0. The van der Waals surface area contributed by atoms with Gasteiger partial charge in [0.25, 0.3) is 5.69 Å². The van der Waals surface area contributed by atoms with Gasteiger partial charge in [-0.25, -0.2) is 0 Å². The average molecular weight is 385 g/mol. The first kappa shape index (κ1) is 17.7. The third-order valence-corrected chi connectivity index (χ3v) is 5.59. The molecule has 4 rings (SSSR count). The maximum Gasteiger partial charge on any atom is 0.270 e. The molecule has 0 bridgehead atoms. The number of carbonyl (C=O) groups excluding carboxylic acids is 2. The molecule has 0 aliphatic heterocycles. The molecule has 0 amide bonds. The number of rotatable bonds is 3. The summed E-state index contributed by atoms with van der Waals surface area (Å²) in [6.45, 7) is 0. The zero-order valence-electron chi connectivity index (χ0n) is 14.5. The number of nitro benzene ring substituents is 1. The number of hydrogen-bond donors (Lipinski definition) is 1. The number of halogens is 1. The third-order valence-electron chi connectivity index (χ3n) is 5.28. The van der Waals surface area contributed by atoms with E-state index in [2.05, 4.69) is 5.32 Å². The molecule has 2 aromatic carbocycles. The number of benzene rings is 2. The SMILES string of the molecule is O=C1c2cc([N+](=O)[O-])ccc2C(=O)c2c(NC3CCCCC3)ccc(Cl)c21. The number of ketones is 2. The van der Waals surface area contributed by atoms with Gasteiger partial charge >= 0.3 is 0 Å². The number of carbonyl (C=O) groups is 2. The Morgan fingerprint density at radius 2 is 1.67 bits per heavy atom. The molecule has 1 saturated carbocycles. The van der Waals surface area contributed by atoms with Gasteiger partial charge < -0.3 is 5.32 Å². The van der Waals surface area contributed by atoms with Crippen molar-refractivity contribution in [2.24, 2.45) is 0 Å². The van der Waals surface area contributed by atoms with E-state index in [1.54, 1.807) is 12.1 Å². The fraction of sp³-hybridized carbons (Fsp3) is 0.300. The van der Waals surface area contributed by atoms with E-state index >= 15 is 0 Å². The smallest absolute Gasteiger partial charge is 0.270 e. The lowest BCUT2D eigenvalue weighted by atomic mass is 9.82. The topological polar surface area (TPSA) is 89.3 Å². The normalized spacial score (nSPS) is 16.6. The minimum atomic E-state index is -0.587. The number of nitro groups is 1. The lowest BCUT2D eigenvalue weighted by Gasteiger charge is -2.27. The Labute approximate surface area is 160 Å². The van der Waals surface area contributed by atoms with Gasteiger partial charge in [0.1, 0.15) is 0 Å². The Balaban J connectivity index is 1.82. The van der Waals surface area contributed by atoms with E-state index in [-0.39, 0.29) is 44.8 Å². The van der Waals surface area contributed by atoms with Crippen LogP contribution in [-0.4, -0.2) is 22.5 Å². The van der Waals surface area contributed by atoms with Crippen LogP contribution in [-0.2, 0) is 0 Å². The maximum absolute atomic E-state index is 13.1. The van der Waals surface area contributed by atoms with Crippen molar-refractivity contribution in [3.63, 3.8) is 0 Å². The largest absolute Gasteiger partial charge is 0.382 e. The highest BCUT2D eigenvalue weighted by atomic mass is 35.5. The second-order valence-corrected chi connectivity index (χ2v) is 7.38. The standard InChI is InChI=1S/C20H17ClN2O4/c21-15-8-9-16(22-11-4-2-1-3-5-11)18-17(15)20(25)14-10-12(23(26)27)6-7-13(14)19(18)24/h6-11,22H,1-5H2. The van der Waals surface area contributed by atoms with Crippen LogP contribution in [0, 0.1) is 10.1 Å². The Hall–Kier alpha value is -2.73. The van der Waals surface area contributed by atoms with Crippen molar-refractivity contribution in [1.82, 2.24) is 0 Å². The highest BCUT2D eigenvalue weighted by Crippen LogP contribution is 2.38. The highest BCUT2D eigenvalue weighted by Gasteiger charge is 2.35. The summed E-state index contributed by atoms with van der Waals surface area (Å²) in [5, 5.41) is 14.6. The molecule has 2 aromatic rings. The predicted molar refractivity (Wildman–Crippen MR) is 102 cm³/mol. The highest BCUT2D eigenvalue weighted by molar-refractivity contribution is 6.40. The fourth-order valence-corrected chi connectivity index (χ4v) is 4.17. The first-order chi connectivity index (χ1) is 13.0. The van der Waals surface area contributed by atoms with Gasteiger partial charge in [-0.1, -0.05) is 30.9 Å². The maximum atomic E-state index is 13.1. The summed E-state index contributed by atoms with van der Waals surface area (Å²) >= 11 is 6.25. The lowest BCUT2D eigenvalue weighted by Crippen LogP contribution is -2.27. The molecule has 138 valence electrons. The van der Waals surface area contributed by atoms with E-state index in [1.807, 2.05) is 0 Å². The predicted octanol–water partition coefficient (Wildman–Crippen LogP) is 4.77. The summed E-state index contributed by atoms with van der Waals surface area (Å²) in [6, 6.07) is 7.33. The van der Waals surface area contributed by atoms with Gasteiger partial charge in [0, 0.05) is 35.0 Å². The first-order valence-corrected chi connectivity index (χ1v) is 9.32. The molecule has 1 fully saturated rings. The molecule has 27 heavy (non-hydrogen) atoms. The van der Waals surface area contributed by atoms with Crippen molar-refractivity contribution in [3.8, 4) is 0 Å². The molecule has 0 aromatic heterocycles. The molecule has 0 saturated heterocycles. The number of nitrogens with one attached hydrogen (secondary N) is 1. The van der Waals surface area contributed by atoms with Crippen LogP contribution in [0.15, 0.2) is 30.3 Å². The van der Waals surface area contributed by atoms with Crippen LogP contribution in [0.25, 0.3) is 0 Å². The van der Waals surface area contributed by atoms with Gasteiger partial charge in [-0.15, -0.1) is 0 Å². The van der Waals surface area contributed by atoms with Crippen molar-refractivity contribution in [2.45, 2.75) is 38.1 Å². The summed E-state index contributed by atoms with van der Waals surface area (Å²) in [5.41, 5.74) is 0.954. The monoisotopic (exact) mass is 384 g/mol. The minimum absolute atomic E-state index is 0.0263. The van der Waals surface area contributed by atoms with E-state index in [0.29, 0.717) is 5.69 Å². The molecule has 0 spiro atoms. The number of fused-ring (bicyclic) bond motifs is 2. The second kappa shape index (κ2) is 6.78. The molecule has 0 heterocycles. The quantitative estimate of drug-likeness (QED) is 0.519. The Bertz CT molecular complexity index is 980. The molecule has 2 aliphatic carbocycles. The van der Waals surface area contributed by atoms with Crippen molar-refractivity contribution >= 4 is 34.5 Å². The van der Waals surface area contributed by atoms with Crippen LogP contribution in [0.3, 0.4) is 0 Å².